The number of thiophene rings is 1. The number of halogens is 1. The second kappa shape index (κ2) is 6.90. The smallest absolute Gasteiger partial charge is 0.339 e. The Kier molecular flexibility index (Phi) is 4.68. The van der Waals surface area contributed by atoms with E-state index in [4.69, 9.17) is 0 Å². The number of carboxylic acids is 1. The monoisotopic (exact) mass is 403 g/mol. The van der Waals surface area contributed by atoms with Crippen molar-refractivity contribution in [3.8, 4) is 11.1 Å². The van der Waals surface area contributed by atoms with Crippen LogP contribution in [-0.4, -0.2) is 27.7 Å². The number of aromatic nitrogens is 2. The standard InChI is InChI=1S/C16H10BrN3O3S/c17-11-3-1-10(2-4-11)13-8-24-15(14(13)16(22)23)20(9-21)12-5-6-18-19-7-12/h1-9H,(H,22,23). The molecule has 0 atom stereocenters. The van der Waals surface area contributed by atoms with Crippen molar-refractivity contribution < 1.29 is 14.7 Å². The van der Waals surface area contributed by atoms with Crippen LogP contribution in [0.15, 0.2) is 52.6 Å². The summed E-state index contributed by atoms with van der Waals surface area (Å²) in [5.41, 5.74) is 1.85. The lowest BCUT2D eigenvalue weighted by molar-refractivity contribution is -0.106. The van der Waals surface area contributed by atoms with Gasteiger partial charge in [0.25, 0.3) is 0 Å². The molecule has 1 amide bonds. The van der Waals surface area contributed by atoms with Gasteiger partial charge in [-0.25, -0.2) is 4.79 Å². The van der Waals surface area contributed by atoms with E-state index >= 15 is 0 Å². The number of aromatic carboxylic acids is 1. The van der Waals surface area contributed by atoms with Gasteiger partial charge in [-0.15, -0.1) is 11.3 Å². The molecule has 3 aromatic rings. The number of carbonyl (C=O) groups excluding carboxylic acids is 1. The lowest BCUT2D eigenvalue weighted by atomic mass is 10.0. The average Bonchev–Trinajstić information content (AvgIpc) is 3.02. The van der Waals surface area contributed by atoms with E-state index in [0.29, 0.717) is 22.7 Å². The molecular weight excluding hydrogens is 394 g/mol. The highest BCUT2D eigenvalue weighted by Crippen LogP contribution is 2.40. The van der Waals surface area contributed by atoms with Crippen LogP contribution in [0.4, 0.5) is 10.7 Å². The van der Waals surface area contributed by atoms with Crippen molar-refractivity contribution in [1.29, 1.82) is 0 Å². The predicted molar refractivity (Wildman–Crippen MR) is 94.6 cm³/mol. The zero-order valence-corrected chi connectivity index (χ0v) is 14.5. The molecule has 6 nitrogen and oxygen atoms in total. The summed E-state index contributed by atoms with van der Waals surface area (Å²) in [5.74, 6) is -1.10. The summed E-state index contributed by atoms with van der Waals surface area (Å²) in [5, 5.41) is 19.1. The number of anilines is 2. The zero-order valence-electron chi connectivity index (χ0n) is 12.1. The maximum Gasteiger partial charge on any atom is 0.339 e. The van der Waals surface area contributed by atoms with Crippen molar-refractivity contribution in [3.63, 3.8) is 0 Å². The summed E-state index contributed by atoms with van der Waals surface area (Å²) in [6, 6.07) is 8.90. The first-order valence-electron chi connectivity index (χ1n) is 6.73. The number of amides is 1. The SMILES string of the molecule is O=CN(c1ccnnc1)c1scc(-c2ccc(Br)cc2)c1C(=O)O. The van der Waals surface area contributed by atoms with Gasteiger partial charge in [0.05, 0.1) is 18.1 Å². The summed E-state index contributed by atoms with van der Waals surface area (Å²) < 4.78 is 0.899. The van der Waals surface area contributed by atoms with E-state index in [1.165, 1.54) is 28.6 Å². The Hall–Kier alpha value is -2.58. The second-order valence-corrected chi connectivity index (χ2v) is 6.49. The van der Waals surface area contributed by atoms with Crippen LogP contribution in [0.1, 0.15) is 10.4 Å². The first-order chi connectivity index (χ1) is 11.6. The maximum absolute atomic E-state index is 11.8. The Balaban J connectivity index is 2.14. The third-order valence-corrected chi connectivity index (χ3v) is 4.82. The van der Waals surface area contributed by atoms with Crippen LogP contribution in [0.25, 0.3) is 11.1 Å². The molecular formula is C16H10BrN3O3S. The number of carboxylic acid groups (broad SMARTS) is 1. The molecule has 8 heteroatoms. The minimum Gasteiger partial charge on any atom is -0.478 e. The molecule has 0 bridgehead atoms. The van der Waals surface area contributed by atoms with Gasteiger partial charge < -0.3 is 5.11 Å². The van der Waals surface area contributed by atoms with Gasteiger partial charge in [-0.1, -0.05) is 28.1 Å². The van der Waals surface area contributed by atoms with Crippen molar-refractivity contribution in [2.75, 3.05) is 4.90 Å². The summed E-state index contributed by atoms with van der Waals surface area (Å²) in [6.07, 6.45) is 3.41. The molecule has 0 saturated heterocycles. The van der Waals surface area contributed by atoms with Crippen LogP contribution in [0.5, 0.6) is 0 Å². The molecule has 1 N–H and O–H groups in total. The molecule has 0 spiro atoms. The zero-order chi connectivity index (χ0) is 17.1. The number of carbonyl (C=O) groups is 2. The molecule has 3 rings (SSSR count). The van der Waals surface area contributed by atoms with E-state index in [-0.39, 0.29) is 5.56 Å². The van der Waals surface area contributed by atoms with Gasteiger partial charge >= 0.3 is 5.97 Å². The molecule has 0 saturated carbocycles. The largest absolute Gasteiger partial charge is 0.478 e. The minimum absolute atomic E-state index is 0.0752. The number of benzene rings is 1. The predicted octanol–water partition coefficient (Wildman–Crippen LogP) is 3.96. The quantitative estimate of drug-likeness (QED) is 0.651. The first kappa shape index (κ1) is 16.3. The van der Waals surface area contributed by atoms with Crippen molar-refractivity contribution in [2.45, 2.75) is 0 Å². The summed E-state index contributed by atoms with van der Waals surface area (Å²) in [7, 11) is 0. The Morgan fingerprint density at radius 1 is 1.21 bits per heavy atom. The molecule has 0 unspecified atom stereocenters. The molecule has 0 aliphatic heterocycles. The number of nitrogens with zero attached hydrogens (tertiary/aromatic N) is 3. The van der Waals surface area contributed by atoms with E-state index in [2.05, 4.69) is 26.1 Å². The molecule has 0 fully saturated rings. The lowest BCUT2D eigenvalue weighted by Crippen LogP contribution is -2.16. The second-order valence-electron chi connectivity index (χ2n) is 4.72. The molecule has 120 valence electrons. The number of hydrogen-bond donors (Lipinski definition) is 1. The fourth-order valence-electron chi connectivity index (χ4n) is 2.23. The van der Waals surface area contributed by atoms with Crippen LogP contribution in [0.3, 0.4) is 0 Å². The Bertz CT molecular complexity index is 881. The highest BCUT2D eigenvalue weighted by Gasteiger charge is 2.24. The van der Waals surface area contributed by atoms with Crippen LogP contribution in [-0.2, 0) is 4.79 Å². The third-order valence-electron chi connectivity index (χ3n) is 3.31. The molecule has 0 aliphatic carbocycles. The van der Waals surface area contributed by atoms with E-state index in [1.807, 2.05) is 24.3 Å². The topological polar surface area (TPSA) is 83.4 Å². The maximum atomic E-state index is 11.8. The summed E-state index contributed by atoms with van der Waals surface area (Å²) in [4.78, 5) is 24.6. The van der Waals surface area contributed by atoms with E-state index < -0.39 is 5.97 Å². The third kappa shape index (κ3) is 3.06. The Morgan fingerprint density at radius 3 is 2.54 bits per heavy atom. The van der Waals surface area contributed by atoms with Crippen LogP contribution in [0.2, 0.25) is 0 Å². The van der Waals surface area contributed by atoms with Gasteiger partial charge in [0.1, 0.15) is 10.6 Å². The van der Waals surface area contributed by atoms with Crippen LogP contribution < -0.4 is 4.90 Å². The van der Waals surface area contributed by atoms with Crippen molar-refractivity contribution in [1.82, 2.24) is 10.2 Å². The van der Waals surface area contributed by atoms with E-state index in [0.717, 1.165) is 10.0 Å². The highest BCUT2D eigenvalue weighted by atomic mass is 79.9. The molecule has 0 aliphatic rings. The molecule has 1 aromatic carbocycles. The molecule has 0 radical (unpaired) electrons. The highest BCUT2D eigenvalue weighted by molar-refractivity contribution is 9.10. The van der Waals surface area contributed by atoms with Crippen molar-refractivity contribution in [3.05, 3.63) is 58.1 Å². The van der Waals surface area contributed by atoms with Gasteiger partial charge in [-0.05, 0) is 23.8 Å². The minimum atomic E-state index is -1.10. The number of hydrogen-bond acceptors (Lipinski definition) is 5. The van der Waals surface area contributed by atoms with Crippen molar-refractivity contribution >= 4 is 50.3 Å². The van der Waals surface area contributed by atoms with E-state index in [9.17, 15) is 14.7 Å². The van der Waals surface area contributed by atoms with Gasteiger partial charge in [0, 0.05) is 15.4 Å². The summed E-state index contributed by atoms with van der Waals surface area (Å²) >= 11 is 4.54. The van der Waals surface area contributed by atoms with Gasteiger partial charge in [0.15, 0.2) is 0 Å². The Labute approximate surface area is 149 Å². The van der Waals surface area contributed by atoms with E-state index in [1.54, 1.807) is 11.4 Å². The lowest BCUT2D eigenvalue weighted by Gasteiger charge is -2.16. The van der Waals surface area contributed by atoms with Gasteiger partial charge in [0.2, 0.25) is 6.41 Å². The summed E-state index contributed by atoms with van der Waals surface area (Å²) in [6.45, 7) is 0. The van der Waals surface area contributed by atoms with Gasteiger partial charge in [-0.2, -0.15) is 10.2 Å². The first-order valence-corrected chi connectivity index (χ1v) is 8.41. The number of rotatable bonds is 5. The molecule has 2 aromatic heterocycles. The Morgan fingerprint density at radius 2 is 1.96 bits per heavy atom. The van der Waals surface area contributed by atoms with Crippen molar-refractivity contribution in [2.24, 2.45) is 0 Å². The van der Waals surface area contributed by atoms with Crippen LogP contribution >= 0.6 is 27.3 Å². The average molecular weight is 404 g/mol. The fourth-order valence-corrected chi connectivity index (χ4v) is 3.55. The normalized spacial score (nSPS) is 10.4. The van der Waals surface area contributed by atoms with Crippen LogP contribution in [0, 0.1) is 0 Å². The van der Waals surface area contributed by atoms with Gasteiger partial charge in [-0.3, -0.25) is 9.69 Å². The fraction of sp³-hybridized carbons (Fsp3) is 0. The molecule has 2 heterocycles. The molecule has 24 heavy (non-hydrogen) atoms.